The number of nitrogens with zero attached hydrogens (tertiary/aromatic N) is 1. The number of anilines is 2. The quantitative estimate of drug-likeness (QED) is 0.237. The number of ketones is 2. The number of fused-ring (bicyclic) bond motifs is 2. The van der Waals surface area contributed by atoms with E-state index in [1.165, 1.54) is 36.4 Å². The Hall–Kier alpha value is -3.23. The summed E-state index contributed by atoms with van der Waals surface area (Å²) in [4.78, 5) is 27.9. The van der Waals surface area contributed by atoms with Crippen molar-refractivity contribution >= 4 is 68.9 Å². The van der Waals surface area contributed by atoms with E-state index >= 15 is 0 Å². The van der Waals surface area contributed by atoms with Crippen LogP contribution in [0.1, 0.15) is 42.6 Å². The monoisotopic (exact) mass is 689 g/mol. The molecule has 0 saturated carbocycles. The minimum Gasteiger partial charge on any atom is -0.341 e. The van der Waals surface area contributed by atoms with Gasteiger partial charge < -0.3 is 5.32 Å². The molecule has 2 unspecified atom stereocenters. The maximum atomic E-state index is 14.5. The van der Waals surface area contributed by atoms with Crippen molar-refractivity contribution in [2.45, 2.75) is 37.1 Å². The molecule has 1 aliphatic heterocycles. The van der Waals surface area contributed by atoms with Crippen molar-refractivity contribution in [1.29, 1.82) is 0 Å². The second kappa shape index (κ2) is 11.6. The van der Waals surface area contributed by atoms with Gasteiger partial charge in [0.1, 0.15) is 22.2 Å². The van der Waals surface area contributed by atoms with Crippen molar-refractivity contribution in [3.05, 3.63) is 53.6 Å². The highest BCUT2D eigenvalue weighted by Crippen LogP contribution is 2.42. The lowest BCUT2D eigenvalue weighted by Crippen LogP contribution is -2.61. The van der Waals surface area contributed by atoms with E-state index in [1.807, 2.05) is 13.8 Å². The minimum atomic E-state index is -4.60. The number of nitrogens with one attached hydrogen (secondary N) is 3. The highest BCUT2D eigenvalue weighted by molar-refractivity contribution is 7.93. The molecule has 5 N–H and O–H groups in total. The predicted octanol–water partition coefficient (Wildman–Crippen LogP) is 0.492. The summed E-state index contributed by atoms with van der Waals surface area (Å²) in [5.41, 5.74) is -2.31. The second-order valence-corrected chi connectivity index (χ2v) is 17.9. The van der Waals surface area contributed by atoms with Crippen molar-refractivity contribution in [2.75, 3.05) is 27.8 Å². The zero-order chi connectivity index (χ0) is 32.9. The third kappa shape index (κ3) is 7.18. The van der Waals surface area contributed by atoms with Crippen LogP contribution in [0.2, 0.25) is 0 Å². The molecule has 15 nitrogen and oxygen atoms in total. The summed E-state index contributed by atoms with van der Waals surface area (Å²) >= 11 is 0. The van der Waals surface area contributed by atoms with Gasteiger partial charge in [0, 0.05) is 11.3 Å². The van der Waals surface area contributed by atoms with E-state index in [4.69, 9.17) is 5.14 Å². The SMILES string of the molecule is CC(C)CCC1(NS(=O)(=O)CCS(N)(=O)=O)C(=O)C(C2=NS(=O)(=O)c3cc(NS(C)(=O)=O)ccc3N2)C(=O)c2ccccc21. The molecule has 1 aliphatic carbocycles. The van der Waals surface area contributed by atoms with E-state index in [0.717, 1.165) is 12.3 Å². The second-order valence-electron chi connectivity index (χ2n) is 11.0. The largest absolute Gasteiger partial charge is 0.341 e. The molecule has 0 amide bonds. The molecule has 2 aliphatic rings. The summed E-state index contributed by atoms with van der Waals surface area (Å²) in [6.07, 6.45) is 0.994. The molecule has 0 aromatic heterocycles. The van der Waals surface area contributed by atoms with E-state index in [0.29, 0.717) is 0 Å². The molecular formula is C25H31N5O10S4. The van der Waals surface area contributed by atoms with Crippen LogP contribution in [0.3, 0.4) is 0 Å². The molecular weight excluding hydrogens is 659 g/mol. The van der Waals surface area contributed by atoms with Gasteiger partial charge in [-0.25, -0.2) is 30.4 Å². The highest BCUT2D eigenvalue weighted by atomic mass is 32.2. The first kappa shape index (κ1) is 33.7. The van der Waals surface area contributed by atoms with Gasteiger partial charge in [0.25, 0.3) is 10.0 Å². The Morgan fingerprint density at radius 3 is 2.30 bits per heavy atom. The number of primary sulfonamides is 1. The first-order chi connectivity index (χ1) is 20.1. The fraction of sp³-hybridized carbons (Fsp3) is 0.400. The van der Waals surface area contributed by atoms with Gasteiger partial charge in [-0.3, -0.25) is 14.3 Å². The van der Waals surface area contributed by atoms with Gasteiger partial charge in [-0.2, -0.15) is 13.1 Å². The van der Waals surface area contributed by atoms with Crippen LogP contribution in [-0.4, -0.2) is 68.8 Å². The van der Waals surface area contributed by atoms with Crippen LogP contribution in [0.5, 0.6) is 0 Å². The van der Waals surface area contributed by atoms with Crippen LogP contribution in [0.25, 0.3) is 0 Å². The maximum absolute atomic E-state index is 14.5. The number of Topliss-reactive ketones (excluding diaryl/α,β-unsaturated/α-hetero) is 2. The van der Waals surface area contributed by atoms with Crippen LogP contribution >= 0.6 is 0 Å². The summed E-state index contributed by atoms with van der Waals surface area (Å²) in [5.74, 6) is -6.31. The third-order valence-corrected chi connectivity index (χ3v) is 11.3. The van der Waals surface area contributed by atoms with Crippen molar-refractivity contribution < 1.29 is 43.3 Å². The molecule has 4 rings (SSSR count). The van der Waals surface area contributed by atoms with Crippen LogP contribution in [-0.2, 0) is 50.4 Å². The Morgan fingerprint density at radius 2 is 1.68 bits per heavy atom. The summed E-state index contributed by atoms with van der Waals surface area (Å²) in [7, 11) is -17.1. The van der Waals surface area contributed by atoms with Gasteiger partial charge in [0.05, 0.1) is 23.4 Å². The Kier molecular flexibility index (Phi) is 8.88. The van der Waals surface area contributed by atoms with Crippen LogP contribution in [0.15, 0.2) is 51.8 Å². The lowest BCUT2D eigenvalue weighted by molar-refractivity contribution is -0.126. The molecule has 2 aromatic rings. The summed E-state index contributed by atoms with van der Waals surface area (Å²) in [6.45, 7) is 3.66. The van der Waals surface area contributed by atoms with Crippen molar-refractivity contribution in [3.8, 4) is 0 Å². The third-order valence-electron chi connectivity index (χ3n) is 6.98. The molecule has 19 heteroatoms. The smallest absolute Gasteiger partial charge is 0.286 e. The number of hydrogen-bond acceptors (Lipinski definition) is 11. The van der Waals surface area contributed by atoms with Gasteiger partial charge >= 0.3 is 0 Å². The molecule has 0 fully saturated rings. The Bertz CT molecular complexity index is 2010. The van der Waals surface area contributed by atoms with Crippen molar-refractivity contribution in [3.63, 3.8) is 0 Å². The number of hydrogen-bond donors (Lipinski definition) is 4. The maximum Gasteiger partial charge on any atom is 0.286 e. The fourth-order valence-electron chi connectivity index (χ4n) is 5.01. The van der Waals surface area contributed by atoms with Gasteiger partial charge in [-0.05, 0) is 42.5 Å². The summed E-state index contributed by atoms with van der Waals surface area (Å²) in [6, 6.07) is 9.27. The number of benzene rings is 2. The molecule has 0 saturated heterocycles. The van der Waals surface area contributed by atoms with Crippen molar-refractivity contribution in [1.82, 2.24) is 4.72 Å². The Balaban J connectivity index is 1.87. The van der Waals surface area contributed by atoms with Gasteiger partial charge in [0.15, 0.2) is 11.6 Å². The molecule has 2 atom stereocenters. The van der Waals surface area contributed by atoms with E-state index in [1.54, 1.807) is 0 Å². The van der Waals surface area contributed by atoms with Crippen molar-refractivity contribution in [2.24, 2.45) is 21.4 Å². The Morgan fingerprint density at radius 1 is 1.02 bits per heavy atom. The summed E-state index contributed by atoms with van der Waals surface area (Å²) < 4.78 is 108. The Labute approximate surface area is 255 Å². The molecule has 0 spiro atoms. The average molecular weight is 690 g/mol. The first-order valence-electron chi connectivity index (χ1n) is 13.1. The number of carbonyl (C=O) groups is 2. The molecule has 1 heterocycles. The zero-order valence-electron chi connectivity index (χ0n) is 23.8. The zero-order valence-corrected chi connectivity index (χ0v) is 27.0. The molecule has 2 aromatic carbocycles. The molecule has 0 bridgehead atoms. The summed E-state index contributed by atoms with van der Waals surface area (Å²) in [5, 5.41) is 7.70. The molecule has 44 heavy (non-hydrogen) atoms. The number of amidine groups is 1. The highest BCUT2D eigenvalue weighted by Gasteiger charge is 2.55. The van der Waals surface area contributed by atoms with Gasteiger partial charge in [-0.1, -0.05) is 38.1 Å². The van der Waals surface area contributed by atoms with Crippen LogP contribution in [0, 0.1) is 11.8 Å². The van der Waals surface area contributed by atoms with Gasteiger partial charge in [0.2, 0.25) is 30.1 Å². The standard InChI is InChI=1S/C25H31N5O10S4/c1-15(2)10-11-25(30-43(37,38)13-12-42(26,35)36)18-7-5-4-6-17(18)22(31)21(23(25)32)24-27-19-9-8-16(28-41(3,33)34)14-20(19)44(39,40)29-24/h4-9,14-15,21,28,30H,10-13H2,1-3H3,(H,27,29)(H2,26,35,36). The van der Waals surface area contributed by atoms with Gasteiger partial charge in [-0.15, -0.1) is 4.40 Å². The average Bonchev–Trinajstić information content (AvgIpc) is 2.88. The van der Waals surface area contributed by atoms with E-state index in [-0.39, 0.29) is 41.3 Å². The number of sulfonamides is 4. The van der Waals surface area contributed by atoms with Crippen LogP contribution < -0.4 is 19.9 Å². The fourth-order valence-corrected chi connectivity index (χ4v) is 9.50. The molecule has 240 valence electrons. The topological polar surface area (TPSA) is 245 Å². The number of carbonyl (C=O) groups excluding carboxylic acids is 2. The lowest BCUT2D eigenvalue weighted by atomic mass is 9.67. The predicted molar refractivity (Wildman–Crippen MR) is 163 cm³/mol. The van der Waals surface area contributed by atoms with E-state index in [2.05, 4.69) is 19.2 Å². The first-order valence-corrected chi connectivity index (χ1v) is 19.8. The minimum absolute atomic E-state index is 0.0299. The van der Waals surface area contributed by atoms with E-state index < -0.39 is 85.4 Å². The number of rotatable bonds is 11. The lowest BCUT2D eigenvalue weighted by Gasteiger charge is -2.41. The molecule has 0 radical (unpaired) electrons. The van der Waals surface area contributed by atoms with E-state index in [9.17, 15) is 43.3 Å². The normalized spacial score (nSPS) is 21.7. The number of nitrogens with two attached hydrogens (primary N) is 1. The van der Waals surface area contributed by atoms with Crippen LogP contribution in [0.4, 0.5) is 11.4 Å².